The number of nitro groups is 2. The number of amides is 1. The van der Waals surface area contributed by atoms with Crippen LogP contribution in [0.2, 0.25) is 0 Å². The molecule has 3 atom stereocenters. The summed E-state index contributed by atoms with van der Waals surface area (Å²) < 4.78 is 20.7. The highest BCUT2D eigenvalue weighted by atomic mass is 16.7. The molecule has 0 bridgehead atoms. The lowest BCUT2D eigenvalue weighted by atomic mass is 9.78. The number of esters is 2. The Balaban J connectivity index is 1.66. The maximum Gasteiger partial charge on any atom is 0.508 e. The molecule has 46 heavy (non-hydrogen) atoms. The molecule has 1 amide bonds. The zero-order valence-corrected chi connectivity index (χ0v) is 25.6. The first-order valence-corrected chi connectivity index (χ1v) is 13.9. The summed E-state index contributed by atoms with van der Waals surface area (Å²) >= 11 is 0. The Bertz CT molecular complexity index is 1550. The number of nitro benzene ring substituents is 2. The van der Waals surface area contributed by atoms with Gasteiger partial charge >= 0.3 is 18.1 Å². The van der Waals surface area contributed by atoms with Crippen LogP contribution < -0.4 is 0 Å². The third-order valence-electron chi connectivity index (χ3n) is 7.09. The number of allylic oxidation sites excluding steroid dienone is 1. The molecule has 2 aromatic carbocycles. The Hall–Kier alpha value is -5.60. The van der Waals surface area contributed by atoms with Gasteiger partial charge in [-0.2, -0.15) is 0 Å². The number of β-lactam (4-membered cyclic amide) rings is 1. The molecule has 0 aromatic heterocycles. The molecule has 1 aliphatic heterocycles. The number of methoxy groups -OCH3 is 1. The maximum atomic E-state index is 13.4. The largest absolute Gasteiger partial charge is 0.508 e. The summed E-state index contributed by atoms with van der Waals surface area (Å²) in [6.07, 6.45) is -2.29. The van der Waals surface area contributed by atoms with E-state index in [2.05, 4.69) is 6.58 Å². The Kier molecular flexibility index (Phi) is 11.7. The molecule has 0 unspecified atom stereocenters. The van der Waals surface area contributed by atoms with Crippen LogP contribution in [0.15, 0.2) is 72.0 Å². The average Bonchev–Trinajstić information content (AvgIpc) is 3.01. The lowest BCUT2D eigenvalue weighted by molar-refractivity contribution is -0.385. The van der Waals surface area contributed by atoms with Crippen LogP contribution in [-0.4, -0.2) is 58.0 Å². The number of carbonyl (C=O) groups is 4. The molecule has 244 valence electrons. The zero-order chi connectivity index (χ0) is 34.1. The number of rotatable bonds is 14. The quantitative estimate of drug-likeness (QED) is 0.0516. The molecule has 2 aromatic rings. The maximum absolute atomic E-state index is 13.4. The van der Waals surface area contributed by atoms with Crippen molar-refractivity contribution in [2.24, 2.45) is 5.92 Å². The van der Waals surface area contributed by atoms with Gasteiger partial charge in [0.1, 0.15) is 25.0 Å². The number of carbonyl (C=O) groups excluding carboxylic acids is 4. The van der Waals surface area contributed by atoms with E-state index in [4.69, 9.17) is 18.9 Å². The minimum Gasteiger partial charge on any atom is -0.464 e. The van der Waals surface area contributed by atoms with Gasteiger partial charge in [0.25, 0.3) is 11.4 Å². The molecule has 15 heteroatoms. The van der Waals surface area contributed by atoms with Gasteiger partial charge in [0.05, 0.1) is 35.3 Å². The molecule has 0 aliphatic carbocycles. The van der Waals surface area contributed by atoms with E-state index in [0.29, 0.717) is 22.3 Å². The highest BCUT2D eigenvalue weighted by Gasteiger charge is 2.54. The molecule has 3 rings (SSSR count). The first kappa shape index (κ1) is 34.9. The van der Waals surface area contributed by atoms with Crippen molar-refractivity contribution in [3.8, 4) is 0 Å². The van der Waals surface area contributed by atoms with Crippen LogP contribution in [0.5, 0.6) is 0 Å². The molecular weight excluding hydrogens is 606 g/mol. The van der Waals surface area contributed by atoms with Gasteiger partial charge in [-0.05, 0) is 68.2 Å². The lowest BCUT2D eigenvalue weighted by Gasteiger charge is -2.49. The molecule has 0 spiro atoms. The summed E-state index contributed by atoms with van der Waals surface area (Å²) in [6.45, 7) is 8.33. The van der Waals surface area contributed by atoms with Gasteiger partial charge in [-0.15, -0.1) is 0 Å². The highest BCUT2D eigenvalue weighted by molar-refractivity contribution is 5.99. The van der Waals surface area contributed by atoms with E-state index in [1.165, 1.54) is 67.5 Å². The topological polar surface area (TPSA) is 195 Å². The fourth-order valence-electron chi connectivity index (χ4n) is 4.83. The monoisotopic (exact) mass is 639 g/mol. The van der Waals surface area contributed by atoms with Crippen LogP contribution in [0, 0.1) is 26.1 Å². The van der Waals surface area contributed by atoms with Gasteiger partial charge < -0.3 is 23.8 Å². The van der Waals surface area contributed by atoms with Crippen molar-refractivity contribution in [2.75, 3.05) is 7.11 Å². The van der Waals surface area contributed by atoms with Crippen molar-refractivity contribution in [3.63, 3.8) is 0 Å². The van der Waals surface area contributed by atoms with E-state index in [9.17, 15) is 39.4 Å². The minimum atomic E-state index is -1.08. The normalized spacial score (nSPS) is 15.9. The summed E-state index contributed by atoms with van der Waals surface area (Å²) in [4.78, 5) is 72.8. The summed E-state index contributed by atoms with van der Waals surface area (Å²) in [7, 11) is 1.18. The fourth-order valence-corrected chi connectivity index (χ4v) is 4.83. The van der Waals surface area contributed by atoms with Crippen molar-refractivity contribution < 1.29 is 48.0 Å². The number of ether oxygens (including phenoxy) is 4. The molecule has 0 N–H and O–H groups in total. The summed E-state index contributed by atoms with van der Waals surface area (Å²) in [5.74, 6) is -2.83. The Morgan fingerprint density at radius 3 is 1.87 bits per heavy atom. The van der Waals surface area contributed by atoms with E-state index in [1.54, 1.807) is 13.8 Å². The van der Waals surface area contributed by atoms with Crippen LogP contribution in [0.3, 0.4) is 0 Å². The highest BCUT2D eigenvalue weighted by Crippen LogP contribution is 2.39. The number of benzene rings is 2. The van der Waals surface area contributed by atoms with Crippen molar-refractivity contribution in [3.05, 3.63) is 103 Å². The predicted molar refractivity (Wildman–Crippen MR) is 160 cm³/mol. The molecule has 1 saturated heterocycles. The van der Waals surface area contributed by atoms with Crippen molar-refractivity contribution >= 4 is 35.4 Å². The SMILES string of the molecule is C=C(CC(=O)OCc1ccc([N+](=O)[O-])cc1)C[C@@H]1[C@@H]([C@H](C)OC(=O)OCc2ccc([N+](=O)[O-])cc2)C(=O)N1C(C(=O)OC)=C(C)C. The number of hydrogen-bond donors (Lipinski definition) is 0. The van der Waals surface area contributed by atoms with Crippen LogP contribution in [-0.2, 0) is 46.5 Å². The first-order valence-electron chi connectivity index (χ1n) is 13.9. The summed E-state index contributed by atoms with van der Waals surface area (Å²) in [5.41, 5.74) is 1.66. The zero-order valence-electron chi connectivity index (χ0n) is 25.6. The molecule has 1 heterocycles. The number of nitrogens with zero attached hydrogens (tertiary/aromatic N) is 3. The van der Waals surface area contributed by atoms with E-state index < -0.39 is 51.9 Å². The fraction of sp³-hybridized carbons (Fsp3) is 0.355. The van der Waals surface area contributed by atoms with Gasteiger partial charge in [0, 0.05) is 24.3 Å². The van der Waals surface area contributed by atoms with E-state index in [-0.39, 0.29) is 43.1 Å². The van der Waals surface area contributed by atoms with Crippen LogP contribution in [0.1, 0.15) is 44.7 Å². The number of hydrogen-bond acceptors (Lipinski definition) is 12. The lowest BCUT2D eigenvalue weighted by Crippen LogP contribution is -2.65. The van der Waals surface area contributed by atoms with E-state index in [1.807, 2.05) is 0 Å². The third-order valence-corrected chi connectivity index (χ3v) is 7.09. The number of non-ortho nitro benzene ring substituents is 2. The summed E-state index contributed by atoms with van der Waals surface area (Å²) in [5, 5.41) is 21.7. The molecular formula is C31H33N3O12. The standard InChI is InChI=1S/C31H33N3O12/c1-18(2)28(30(37)43-5)32-25(14-19(3)15-26(35)44-16-21-6-10-23(11-7-21)33(39)40)27(29(32)36)20(4)46-31(38)45-17-22-8-12-24(13-9-22)34(41)42/h6-13,20,25,27H,3,14-17H2,1-2,4-5H3/t20-,25+,27+/m0/s1. The Labute approximate surface area is 263 Å². The first-order chi connectivity index (χ1) is 21.7. The van der Waals surface area contributed by atoms with Crippen molar-refractivity contribution in [2.45, 2.75) is 59.0 Å². The van der Waals surface area contributed by atoms with Gasteiger partial charge in [-0.3, -0.25) is 29.8 Å². The second-order valence-electron chi connectivity index (χ2n) is 10.6. The van der Waals surface area contributed by atoms with Crippen LogP contribution in [0.4, 0.5) is 16.2 Å². The summed E-state index contributed by atoms with van der Waals surface area (Å²) in [6, 6.07) is 10.2. The van der Waals surface area contributed by atoms with Gasteiger partial charge in [-0.1, -0.05) is 12.2 Å². The molecule has 15 nitrogen and oxygen atoms in total. The van der Waals surface area contributed by atoms with Crippen LogP contribution in [0.25, 0.3) is 0 Å². The molecule has 1 fully saturated rings. The molecule has 0 saturated carbocycles. The van der Waals surface area contributed by atoms with Crippen LogP contribution >= 0.6 is 0 Å². The minimum absolute atomic E-state index is 0.00949. The second kappa shape index (κ2) is 15.4. The second-order valence-corrected chi connectivity index (χ2v) is 10.6. The van der Waals surface area contributed by atoms with Gasteiger partial charge in [0.15, 0.2) is 0 Å². The average molecular weight is 640 g/mol. The smallest absolute Gasteiger partial charge is 0.464 e. The Morgan fingerprint density at radius 2 is 1.41 bits per heavy atom. The molecule has 1 aliphatic rings. The van der Waals surface area contributed by atoms with E-state index in [0.717, 1.165) is 0 Å². The third kappa shape index (κ3) is 8.74. The van der Waals surface area contributed by atoms with Crippen molar-refractivity contribution in [1.82, 2.24) is 4.90 Å². The Morgan fingerprint density at radius 1 is 0.913 bits per heavy atom. The number of likely N-dealkylation sites (tertiary alicyclic amines) is 1. The predicted octanol–water partition coefficient (Wildman–Crippen LogP) is 4.92. The van der Waals surface area contributed by atoms with Gasteiger partial charge in [-0.25, -0.2) is 9.59 Å². The van der Waals surface area contributed by atoms with E-state index >= 15 is 0 Å². The van der Waals surface area contributed by atoms with Crippen molar-refractivity contribution in [1.29, 1.82) is 0 Å². The molecule has 0 radical (unpaired) electrons. The van der Waals surface area contributed by atoms with Gasteiger partial charge in [0.2, 0.25) is 5.91 Å².